The number of ether oxygens (including phenoxy) is 3. The molecule has 0 bridgehead atoms. The first-order valence-electron chi connectivity index (χ1n) is 5.21. The minimum absolute atomic E-state index is 0.661. The molecule has 0 spiro atoms. The summed E-state index contributed by atoms with van der Waals surface area (Å²) in [6, 6.07) is 1.23. The SMILES string of the molecule is COCCOCCOCC[Si](C)(C)C. The molecular weight excluding hydrogens is 196 g/mol. The molecule has 0 aliphatic heterocycles. The quantitative estimate of drug-likeness (QED) is 0.439. The predicted octanol–water partition coefficient (Wildman–Crippen LogP) is 2.00. The van der Waals surface area contributed by atoms with Gasteiger partial charge in [-0.1, -0.05) is 19.6 Å². The van der Waals surface area contributed by atoms with E-state index < -0.39 is 8.07 Å². The van der Waals surface area contributed by atoms with E-state index in [0.717, 1.165) is 6.61 Å². The van der Waals surface area contributed by atoms with Crippen molar-refractivity contribution in [2.75, 3.05) is 40.1 Å². The summed E-state index contributed by atoms with van der Waals surface area (Å²) < 4.78 is 15.6. The molecule has 0 atom stereocenters. The first-order chi connectivity index (χ1) is 6.56. The minimum Gasteiger partial charge on any atom is -0.382 e. The first-order valence-corrected chi connectivity index (χ1v) is 8.91. The number of hydrogen-bond donors (Lipinski definition) is 0. The van der Waals surface area contributed by atoms with E-state index in [2.05, 4.69) is 19.6 Å². The average molecular weight is 220 g/mol. The molecule has 0 aromatic carbocycles. The van der Waals surface area contributed by atoms with Crippen LogP contribution in [-0.2, 0) is 14.2 Å². The van der Waals surface area contributed by atoms with E-state index >= 15 is 0 Å². The normalized spacial score (nSPS) is 12.0. The van der Waals surface area contributed by atoms with Crippen LogP contribution in [0.4, 0.5) is 0 Å². The van der Waals surface area contributed by atoms with Gasteiger partial charge in [-0.2, -0.15) is 0 Å². The zero-order chi connectivity index (χ0) is 10.9. The molecule has 0 rings (SSSR count). The van der Waals surface area contributed by atoms with E-state index in [0.29, 0.717) is 26.4 Å². The maximum atomic E-state index is 5.46. The Morgan fingerprint density at radius 2 is 1.29 bits per heavy atom. The summed E-state index contributed by atoms with van der Waals surface area (Å²) in [4.78, 5) is 0. The van der Waals surface area contributed by atoms with Gasteiger partial charge in [0.1, 0.15) is 0 Å². The lowest BCUT2D eigenvalue weighted by Gasteiger charge is -2.15. The van der Waals surface area contributed by atoms with Crippen molar-refractivity contribution in [1.82, 2.24) is 0 Å². The smallest absolute Gasteiger partial charge is 0.0701 e. The Hall–Kier alpha value is 0.0969. The van der Waals surface area contributed by atoms with Crippen LogP contribution < -0.4 is 0 Å². The number of rotatable bonds is 9. The summed E-state index contributed by atoms with van der Waals surface area (Å²) in [5, 5.41) is 0. The van der Waals surface area contributed by atoms with Gasteiger partial charge in [-0.05, 0) is 6.04 Å². The maximum Gasteiger partial charge on any atom is 0.0701 e. The van der Waals surface area contributed by atoms with Crippen molar-refractivity contribution in [3.05, 3.63) is 0 Å². The van der Waals surface area contributed by atoms with Crippen molar-refractivity contribution >= 4 is 8.07 Å². The summed E-state index contributed by atoms with van der Waals surface area (Å²) in [5.74, 6) is 0. The largest absolute Gasteiger partial charge is 0.382 e. The Kier molecular flexibility index (Phi) is 8.47. The molecule has 3 nitrogen and oxygen atoms in total. The molecule has 0 aliphatic rings. The van der Waals surface area contributed by atoms with Crippen LogP contribution in [0.25, 0.3) is 0 Å². The van der Waals surface area contributed by atoms with Gasteiger partial charge in [0.25, 0.3) is 0 Å². The fourth-order valence-electron chi connectivity index (χ4n) is 0.843. The Morgan fingerprint density at radius 3 is 1.79 bits per heavy atom. The van der Waals surface area contributed by atoms with Crippen molar-refractivity contribution in [1.29, 1.82) is 0 Å². The standard InChI is InChI=1S/C10H24O3Si/c1-11-5-6-12-7-8-13-9-10-14(2,3)4/h5-10H2,1-4H3. The van der Waals surface area contributed by atoms with Crippen molar-refractivity contribution < 1.29 is 14.2 Å². The highest BCUT2D eigenvalue weighted by molar-refractivity contribution is 6.76. The first kappa shape index (κ1) is 14.1. The molecule has 0 amide bonds. The molecule has 14 heavy (non-hydrogen) atoms. The molecular formula is C10H24O3Si. The van der Waals surface area contributed by atoms with Gasteiger partial charge < -0.3 is 14.2 Å². The maximum absolute atomic E-state index is 5.46. The topological polar surface area (TPSA) is 27.7 Å². The highest BCUT2D eigenvalue weighted by Gasteiger charge is 2.11. The van der Waals surface area contributed by atoms with Gasteiger partial charge in [0.15, 0.2) is 0 Å². The summed E-state index contributed by atoms with van der Waals surface area (Å²) in [6.45, 7) is 10.6. The molecule has 4 heteroatoms. The molecule has 0 N–H and O–H groups in total. The zero-order valence-corrected chi connectivity index (χ0v) is 11.0. The van der Waals surface area contributed by atoms with Crippen molar-refractivity contribution in [2.24, 2.45) is 0 Å². The molecule has 0 unspecified atom stereocenters. The van der Waals surface area contributed by atoms with Crippen LogP contribution >= 0.6 is 0 Å². The van der Waals surface area contributed by atoms with Gasteiger partial charge in [-0.25, -0.2) is 0 Å². The lowest BCUT2D eigenvalue weighted by atomic mass is 10.7. The third kappa shape index (κ3) is 12.1. The Morgan fingerprint density at radius 1 is 0.786 bits per heavy atom. The lowest BCUT2D eigenvalue weighted by molar-refractivity contribution is 0.0278. The van der Waals surface area contributed by atoms with Crippen LogP contribution in [0.1, 0.15) is 0 Å². The van der Waals surface area contributed by atoms with Crippen LogP contribution in [0.5, 0.6) is 0 Å². The van der Waals surface area contributed by atoms with E-state index in [1.807, 2.05) is 0 Å². The second kappa shape index (κ2) is 8.41. The summed E-state index contributed by atoms with van der Waals surface area (Å²) in [6.07, 6.45) is 0. The molecule has 0 radical (unpaired) electrons. The van der Waals surface area contributed by atoms with E-state index in [-0.39, 0.29) is 0 Å². The molecule has 0 aromatic heterocycles. The zero-order valence-electron chi connectivity index (χ0n) is 9.97. The molecule has 0 aromatic rings. The van der Waals surface area contributed by atoms with E-state index in [4.69, 9.17) is 14.2 Å². The van der Waals surface area contributed by atoms with E-state index in [9.17, 15) is 0 Å². The summed E-state index contributed by atoms with van der Waals surface area (Å²) in [5.41, 5.74) is 0. The van der Waals surface area contributed by atoms with Crippen LogP contribution in [0, 0.1) is 0 Å². The summed E-state index contributed by atoms with van der Waals surface area (Å²) >= 11 is 0. The fraction of sp³-hybridized carbons (Fsp3) is 1.00. The average Bonchev–Trinajstić information content (AvgIpc) is 2.08. The van der Waals surface area contributed by atoms with Crippen LogP contribution in [-0.4, -0.2) is 48.2 Å². The highest BCUT2D eigenvalue weighted by atomic mass is 28.3. The summed E-state index contributed by atoms with van der Waals surface area (Å²) in [7, 11) is 0.750. The van der Waals surface area contributed by atoms with Crippen molar-refractivity contribution in [2.45, 2.75) is 25.7 Å². The van der Waals surface area contributed by atoms with Gasteiger partial charge in [0, 0.05) is 21.8 Å². The molecule has 0 saturated heterocycles. The van der Waals surface area contributed by atoms with E-state index in [1.165, 1.54) is 6.04 Å². The Labute approximate surface area is 88.7 Å². The Balaban J connectivity index is 2.99. The van der Waals surface area contributed by atoms with Gasteiger partial charge in [-0.15, -0.1) is 0 Å². The lowest BCUT2D eigenvalue weighted by Crippen LogP contribution is -2.22. The predicted molar refractivity (Wildman–Crippen MR) is 61.7 cm³/mol. The highest BCUT2D eigenvalue weighted by Crippen LogP contribution is 2.07. The molecule has 0 fully saturated rings. The monoisotopic (exact) mass is 220 g/mol. The van der Waals surface area contributed by atoms with Crippen LogP contribution in [0.3, 0.4) is 0 Å². The van der Waals surface area contributed by atoms with Gasteiger partial charge in [-0.3, -0.25) is 0 Å². The molecule has 86 valence electrons. The molecule has 0 aliphatic carbocycles. The van der Waals surface area contributed by atoms with Gasteiger partial charge in [0.2, 0.25) is 0 Å². The third-order valence-electron chi connectivity index (χ3n) is 1.80. The van der Waals surface area contributed by atoms with Gasteiger partial charge >= 0.3 is 0 Å². The fourth-order valence-corrected chi connectivity index (χ4v) is 1.60. The van der Waals surface area contributed by atoms with Crippen molar-refractivity contribution in [3.8, 4) is 0 Å². The Bertz CT molecular complexity index is 123. The number of hydrogen-bond acceptors (Lipinski definition) is 3. The second-order valence-electron chi connectivity index (χ2n) is 4.53. The third-order valence-corrected chi connectivity index (χ3v) is 3.50. The van der Waals surface area contributed by atoms with Crippen LogP contribution in [0.2, 0.25) is 25.7 Å². The number of methoxy groups -OCH3 is 1. The van der Waals surface area contributed by atoms with Gasteiger partial charge in [0.05, 0.1) is 26.4 Å². The van der Waals surface area contributed by atoms with Crippen molar-refractivity contribution in [3.63, 3.8) is 0 Å². The molecule has 0 saturated carbocycles. The second-order valence-corrected chi connectivity index (χ2v) is 10.1. The van der Waals surface area contributed by atoms with Crippen LogP contribution in [0.15, 0.2) is 0 Å². The minimum atomic E-state index is -0.924. The molecule has 0 heterocycles. The van der Waals surface area contributed by atoms with E-state index in [1.54, 1.807) is 7.11 Å².